The molecule has 0 saturated heterocycles. The van der Waals surface area contributed by atoms with E-state index in [9.17, 15) is 4.79 Å². The zero-order valence-electron chi connectivity index (χ0n) is 9.69. The van der Waals surface area contributed by atoms with Crippen LogP contribution in [0.1, 0.15) is 15.2 Å². The fourth-order valence-corrected chi connectivity index (χ4v) is 3.60. The minimum Gasteiger partial charge on any atom is -0.288 e. The normalized spacial score (nSPS) is 10.8. The summed E-state index contributed by atoms with van der Waals surface area (Å²) in [6.07, 6.45) is 0. The summed E-state index contributed by atoms with van der Waals surface area (Å²) >= 11 is 10.7. The van der Waals surface area contributed by atoms with Crippen molar-refractivity contribution in [1.29, 1.82) is 0 Å². The summed E-state index contributed by atoms with van der Waals surface area (Å²) in [6.45, 7) is 0. The van der Waals surface area contributed by atoms with Gasteiger partial charge in [0.15, 0.2) is 0 Å². The Hall–Kier alpha value is -1.16. The highest BCUT2D eigenvalue weighted by Gasteiger charge is 2.14. The van der Waals surface area contributed by atoms with Gasteiger partial charge >= 0.3 is 0 Å². The van der Waals surface area contributed by atoms with Crippen molar-refractivity contribution in [1.82, 2.24) is 0 Å². The van der Waals surface area contributed by atoms with Crippen LogP contribution in [0.5, 0.6) is 0 Å². The lowest BCUT2D eigenvalue weighted by Gasteiger charge is -2.01. The fourth-order valence-electron chi connectivity index (χ4n) is 1.93. The van der Waals surface area contributed by atoms with E-state index in [1.54, 1.807) is 6.07 Å². The molecule has 0 N–H and O–H groups in total. The molecule has 2 aromatic carbocycles. The largest absolute Gasteiger partial charge is 0.288 e. The first-order chi connectivity index (χ1) is 9.15. The van der Waals surface area contributed by atoms with E-state index in [0.29, 0.717) is 15.5 Å². The molecule has 0 aliphatic heterocycles. The molecule has 4 heteroatoms. The average molecular weight is 352 g/mol. The van der Waals surface area contributed by atoms with Gasteiger partial charge < -0.3 is 0 Å². The van der Waals surface area contributed by atoms with E-state index in [0.717, 1.165) is 14.6 Å². The van der Waals surface area contributed by atoms with Gasteiger partial charge in [-0.15, -0.1) is 11.3 Å². The van der Waals surface area contributed by atoms with Crippen molar-refractivity contribution in [3.8, 4) is 0 Å². The molecule has 3 aromatic rings. The molecule has 0 atom stereocenters. The molecule has 19 heavy (non-hydrogen) atoms. The van der Waals surface area contributed by atoms with Gasteiger partial charge in [0.2, 0.25) is 5.78 Å². The van der Waals surface area contributed by atoms with Gasteiger partial charge in [-0.2, -0.15) is 0 Å². The topological polar surface area (TPSA) is 17.1 Å². The van der Waals surface area contributed by atoms with E-state index in [4.69, 9.17) is 11.6 Å². The Kier molecular flexibility index (Phi) is 3.44. The van der Waals surface area contributed by atoms with Crippen molar-refractivity contribution < 1.29 is 4.79 Å². The molecule has 1 nitrogen and oxygen atoms in total. The molecule has 0 unspecified atom stereocenters. The Morgan fingerprint density at radius 2 is 1.79 bits per heavy atom. The zero-order valence-corrected chi connectivity index (χ0v) is 12.8. The van der Waals surface area contributed by atoms with Crippen LogP contribution in [0.4, 0.5) is 0 Å². The summed E-state index contributed by atoms with van der Waals surface area (Å²) in [6, 6.07) is 15.4. The number of rotatable bonds is 2. The van der Waals surface area contributed by atoms with Crippen molar-refractivity contribution in [2.24, 2.45) is 0 Å². The lowest BCUT2D eigenvalue weighted by Crippen LogP contribution is -1.97. The maximum absolute atomic E-state index is 12.4. The predicted molar refractivity (Wildman–Crippen MR) is 84.4 cm³/mol. The Morgan fingerprint density at radius 1 is 1.05 bits per heavy atom. The lowest BCUT2D eigenvalue weighted by atomic mass is 10.0. The number of carbonyl (C=O) groups excluding carboxylic acids is 1. The van der Waals surface area contributed by atoms with E-state index in [1.165, 1.54) is 11.3 Å². The molecular formula is C15H8BrClOS. The third kappa shape index (κ3) is 2.46. The van der Waals surface area contributed by atoms with Gasteiger partial charge in [-0.3, -0.25) is 4.79 Å². The second kappa shape index (κ2) is 5.08. The second-order valence-corrected chi connectivity index (χ2v) is 6.90. The molecule has 0 amide bonds. The van der Waals surface area contributed by atoms with Crippen molar-refractivity contribution in [2.45, 2.75) is 0 Å². The van der Waals surface area contributed by atoms with Crippen molar-refractivity contribution in [2.75, 3.05) is 0 Å². The van der Waals surface area contributed by atoms with Crippen molar-refractivity contribution >= 4 is 55.4 Å². The van der Waals surface area contributed by atoms with Gasteiger partial charge in [0, 0.05) is 5.56 Å². The van der Waals surface area contributed by atoms with Gasteiger partial charge in [-0.05, 0) is 38.8 Å². The number of benzene rings is 2. The molecule has 0 radical (unpaired) electrons. The fraction of sp³-hybridized carbons (Fsp3) is 0. The number of carbonyl (C=O) groups is 1. The molecular weight excluding hydrogens is 344 g/mol. The van der Waals surface area contributed by atoms with Gasteiger partial charge in [-0.1, -0.05) is 48.0 Å². The van der Waals surface area contributed by atoms with Crippen LogP contribution in [0.25, 0.3) is 10.8 Å². The summed E-state index contributed by atoms with van der Waals surface area (Å²) in [5.41, 5.74) is 0.684. The highest BCUT2D eigenvalue weighted by molar-refractivity contribution is 9.11. The highest BCUT2D eigenvalue weighted by Crippen LogP contribution is 2.33. The van der Waals surface area contributed by atoms with Gasteiger partial charge in [-0.25, -0.2) is 0 Å². The standard InChI is InChI=1S/C15H8BrClOS/c16-15-12(17)8-13(19-15)14(18)11-6-5-9-3-1-2-4-10(9)7-11/h1-8H. The number of hydrogen-bond donors (Lipinski definition) is 0. The number of hydrogen-bond acceptors (Lipinski definition) is 2. The number of ketones is 1. The van der Waals surface area contributed by atoms with E-state index in [1.807, 2.05) is 42.5 Å². The van der Waals surface area contributed by atoms with E-state index in [-0.39, 0.29) is 5.78 Å². The van der Waals surface area contributed by atoms with Crippen LogP contribution >= 0.6 is 38.9 Å². The summed E-state index contributed by atoms with van der Waals surface area (Å²) in [5, 5.41) is 2.77. The minimum atomic E-state index is 0.00310. The first-order valence-corrected chi connectivity index (χ1v) is 7.62. The number of halogens is 2. The van der Waals surface area contributed by atoms with Gasteiger partial charge in [0.25, 0.3) is 0 Å². The Bertz CT molecular complexity index is 759. The predicted octanol–water partition coefficient (Wildman–Crippen LogP) is 5.55. The molecule has 0 aliphatic rings. The molecule has 3 rings (SSSR count). The van der Waals surface area contributed by atoms with Gasteiger partial charge in [0.1, 0.15) is 0 Å². The van der Waals surface area contributed by atoms with Crippen LogP contribution in [0, 0.1) is 0 Å². The second-order valence-electron chi connectivity index (χ2n) is 4.12. The van der Waals surface area contributed by atoms with E-state index < -0.39 is 0 Å². The summed E-state index contributed by atoms with van der Waals surface area (Å²) in [7, 11) is 0. The Labute approximate surface area is 128 Å². The van der Waals surface area contributed by atoms with Crippen LogP contribution < -0.4 is 0 Å². The number of fused-ring (bicyclic) bond motifs is 1. The molecule has 0 saturated carbocycles. The monoisotopic (exact) mass is 350 g/mol. The van der Waals surface area contributed by atoms with E-state index >= 15 is 0 Å². The maximum Gasteiger partial charge on any atom is 0.203 e. The summed E-state index contributed by atoms with van der Waals surface area (Å²) < 4.78 is 0.790. The number of thiophene rings is 1. The van der Waals surface area contributed by atoms with Crippen LogP contribution in [0.15, 0.2) is 52.3 Å². The zero-order chi connectivity index (χ0) is 13.4. The minimum absolute atomic E-state index is 0.00310. The molecule has 0 bridgehead atoms. The van der Waals surface area contributed by atoms with Gasteiger partial charge in [0.05, 0.1) is 13.7 Å². The van der Waals surface area contributed by atoms with Crippen LogP contribution in [-0.2, 0) is 0 Å². The molecule has 94 valence electrons. The lowest BCUT2D eigenvalue weighted by molar-refractivity contribution is 0.104. The smallest absolute Gasteiger partial charge is 0.203 e. The molecule has 1 aromatic heterocycles. The molecule has 0 spiro atoms. The first kappa shape index (κ1) is 12.9. The third-order valence-corrected chi connectivity index (χ3v) is 5.35. The Balaban J connectivity index is 2.06. The molecule has 0 aliphatic carbocycles. The summed E-state index contributed by atoms with van der Waals surface area (Å²) in [5.74, 6) is 0.00310. The Morgan fingerprint density at radius 3 is 2.47 bits per heavy atom. The molecule has 1 heterocycles. The highest BCUT2D eigenvalue weighted by atomic mass is 79.9. The molecule has 0 fully saturated rings. The van der Waals surface area contributed by atoms with E-state index in [2.05, 4.69) is 15.9 Å². The summed E-state index contributed by atoms with van der Waals surface area (Å²) in [4.78, 5) is 13.0. The first-order valence-electron chi connectivity index (χ1n) is 5.63. The van der Waals surface area contributed by atoms with Crippen LogP contribution in [0.3, 0.4) is 0 Å². The quantitative estimate of drug-likeness (QED) is 0.553. The SMILES string of the molecule is O=C(c1ccc2ccccc2c1)c1cc(Cl)c(Br)s1. The third-order valence-electron chi connectivity index (χ3n) is 2.88. The van der Waals surface area contributed by atoms with Crippen LogP contribution in [-0.4, -0.2) is 5.78 Å². The van der Waals surface area contributed by atoms with Crippen molar-refractivity contribution in [3.05, 3.63) is 67.8 Å². The van der Waals surface area contributed by atoms with Crippen molar-refractivity contribution in [3.63, 3.8) is 0 Å². The maximum atomic E-state index is 12.4. The average Bonchev–Trinajstić information content (AvgIpc) is 2.77. The van der Waals surface area contributed by atoms with Crippen LogP contribution in [0.2, 0.25) is 5.02 Å².